The summed E-state index contributed by atoms with van der Waals surface area (Å²) in [5.74, 6) is 0.635. The summed E-state index contributed by atoms with van der Waals surface area (Å²) < 4.78 is 10.0. The number of hydrogen-bond acceptors (Lipinski definition) is 4. The Labute approximate surface area is 79.1 Å². The second-order valence-electron chi connectivity index (χ2n) is 2.45. The van der Waals surface area contributed by atoms with E-state index >= 15 is 0 Å². The summed E-state index contributed by atoms with van der Waals surface area (Å²) in [5.41, 5.74) is 0. The maximum absolute atomic E-state index is 8.54. The molecule has 0 amide bonds. The maximum Gasteiger partial charge on any atom is 0.190 e. The van der Waals surface area contributed by atoms with Crippen LogP contribution in [-0.2, 0) is 9.47 Å². The Hall–Kier alpha value is -1.00. The molecular weight excluding hydrogens is 170 g/mol. The zero-order chi connectivity index (χ0) is 10.3. The van der Waals surface area contributed by atoms with Crippen molar-refractivity contribution in [3.63, 3.8) is 0 Å². The zero-order valence-electron chi connectivity index (χ0n) is 8.36. The smallest absolute Gasteiger partial charge is 0.190 e. The maximum atomic E-state index is 8.54. The SMILES string of the molecule is C=C/C=C(/OC)N(C)C(C)OCO. The predicted molar refractivity (Wildman–Crippen MR) is 50.7 cm³/mol. The Kier molecular flexibility index (Phi) is 6.01. The molecule has 13 heavy (non-hydrogen) atoms. The molecule has 0 fully saturated rings. The van der Waals surface area contributed by atoms with Gasteiger partial charge in [0.1, 0.15) is 13.0 Å². The molecule has 0 bridgehead atoms. The average Bonchev–Trinajstić information content (AvgIpc) is 2.13. The highest BCUT2D eigenvalue weighted by atomic mass is 16.6. The lowest BCUT2D eigenvalue weighted by Crippen LogP contribution is -2.31. The van der Waals surface area contributed by atoms with Gasteiger partial charge in [0.05, 0.1) is 7.11 Å². The van der Waals surface area contributed by atoms with Gasteiger partial charge in [-0.1, -0.05) is 12.7 Å². The van der Waals surface area contributed by atoms with Crippen LogP contribution in [0.4, 0.5) is 0 Å². The van der Waals surface area contributed by atoms with Crippen LogP contribution in [0.1, 0.15) is 6.92 Å². The molecule has 0 heterocycles. The Bertz CT molecular complexity index is 180. The quantitative estimate of drug-likeness (QED) is 0.381. The highest BCUT2D eigenvalue weighted by Gasteiger charge is 2.11. The molecule has 1 N–H and O–H groups in total. The molecule has 0 radical (unpaired) electrons. The highest BCUT2D eigenvalue weighted by molar-refractivity contribution is 5.03. The largest absolute Gasteiger partial charge is 0.482 e. The summed E-state index contributed by atoms with van der Waals surface area (Å²) in [6.45, 7) is 5.07. The van der Waals surface area contributed by atoms with Gasteiger partial charge in [-0.2, -0.15) is 0 Å². The molecule has 76 valence electrons. The van der Waals surface area contributed by atoms with Crippen molar-refractivity contribution in [2.24, 2.45) is 0 Å². The molecule has 0 saturated heterocycles. The van der Waals surface area contributed by atoms with Crippen molar-refractivity contribution in [2.75, 3.05) is 21.0 Å². The van der Waals surface area contributed by atoms with Gasteiger partial charge in [0.25, 0.3) is 0 Å². The van der Waals surface area contributed by atoms with E-state index in [4.69, 9.17) is 14.6 Å². The van der Waals surface area contributed by atoms with Crippen LogP contribution < -0.4 is 0 Å². The summed E-state index contributed by atoms with van der Waals surface area (Å²) in [4.78, 5) is 1.75. The second kappa shape index (κ2) is 6.51. The summed E-state index contributed by atoms with van der Waals surface area (Å²) >= 11 is 0. The first kappa shape index (κ1) is 12.0. The van der Waals surface area contributed by atoms with Gasteiger partial charge in [-0.05, 0) is 13.0 Å². The number of ether oxygens (including phenoxy) is 2. The van der Waals surface area contributed by atoms with E-state index < -0.39 is 0 Å². The van der Waals surface area contributed by atoms with Crippen LogP contribution in [0.25, 0.3) is 0 Å². The molecule has 0 aliphatic heterocycles. The molecule has 1 atom stereocenters. The van der Waals surface area contributed by atoms with Crippen molar-refractivity contribution in [3.05, 3.63) is 24.6 Å². The first-order valence-electron chi connectivity index (χ1n) is 3.99. The van der Waals surface area contributed by atoms with Gasteiger partial charge >= 0.3 is 0 Å². The zero-order valence-corrected chi connectivity index (χ0v) is 8.36. The first-order chi connectivity index (χ1) is 6.17. The third-order valence-electron chi connectivity index (χ3n) is 1.68. The minimum atomic E-state index is -0.309. The molecule has 4 heteroatoms. The number of rotatable bonds is 6. The molecule has 0 aliphatic carbocycles. The highest BCUT2D eigenvalue weighted by Crippen LogP contribution is 2.08. The summed E-state index contributed by atoms with van der Waals surface area (Å²) in [5, 5.41) is 8.54. The van der Waals surface area contributed by atoms with Gasteiger partial charge in [-0.15, -0.1) is 0 Å². The minimum Gasteiger partial charge on any atom is -0.482 e. The lowest BCUT2D eigenvalue weighted by Gasteiger charge is -2.26. The monoisotopic (exact) mass is 187 g/mol. The van der Waals surface area contributed by atoms with E-state index in [1.54, 1.807) is 31.2 Å². The van der Waals surface area contributed by atoms with Crippen molar-refractivity contribution in [1.82, 2.24) is 4.90 Å². The van der Waals surface area contributed by atoms with Crippen molar-refractivity contribution in [3.8, 4) is 0 Å². The van der Waals surface area contributed by atoms with E-state index in [-0.39, 0.29) is 13.0 Å². The second-order valence-corrected chi connectivity index (χ2v) is 2.45. The lowest BCUT2D eigenvalue weighted by molar-refractivity contribution is -0.104. The Morgan fingerprint density at radius 2 is 2.31 bits per heavy atom. The molecule has 0 aromatic heterocycles. The third-order valence-corrected chi connectivity index (χ3v) is 1.68. The number of nitrogens with zero attached hydrogens (tertiary/aromatic N) is 1. The van der Waals surface area contributed by atoms with Crippen LogP contribution >= 0.6 is 0 Å². The van der Waals surface area contributed by atoms with Crippen molar-refractivity contribution < 1.29 is 14.6 Å². The number of allylic oxidation sites excluding steroid dienone is 2. The Balaban J connectivity index is 4.26. The minimum absolute atomic E-state index is 0.240. The van der Waals surface area contributed by atoms with Crippen LogP contribution in [-0.4, -0.2) is 37.2 Å². The molecule has 1 unspecified atom stereocenters. The van der Waals surface area contributed by atoms with E-state index in [0.29, 0.717) is 5.88 Å². The van der Waals surface area contributed by atoms with Crippen molar-refractivity contribution in [1.29, 1.82) is 0 Å². The van der Waals surface area contributed by atoms with Crippen molar-refractivity contribution in [2.45, 2.75) is 13.2 Å². The summed E-state index contributed by atoms with van der Waals surface area (Å²) in [6, 6.07) is 0. The fourth-order valence-corrected chi connectivity index (χ4v) is 0.829. The van der Waals surface area contributed by atoms with Crippen molar-refractivity contribution >= 4 is 0 Å². The van der Waals surface area contributed by atoms with Gasteiger partial charge in [-0.3, -0.25) is 0 Å². The van der Waals surface area contributed by atoms with Crippen LogP contribution in [0.15, 0.2) is 24.6 Å². The van der Waals surface area contributed by atoms with Crippen LogP contribution in [0.2, 0.25) is 0 Å². The molecule has 0 aromatic rings. The van der Waals surface area contributed by atoms with Gasteiger partial charge < -0.3 is 19.5 Å². The van der Waals surface area contributed by atoms with E-state index in [1.807, 2.05) is 6.92 Å². The molecule has 0 aliphatic rings. The normalized spacial score (nSPS) is 13.7. The summed E-state index contributed by atoms with van der Waals surface area (Å²) in [6.07, 6.45) is 3.11. The fourth-order valence-electron chi connectivity index (χ4n) is 0.829. The van der Waals surface area contributed by atoms with Crippen LogP contribution in [0.5, 0.6) is 0 Å². The van der Waals surface area contributed by atoms with E-state index in [2.05, 4.69) is 6.58 Å². The molecular formula is C9H17NO3. The van der Waals surface area contributed by atoms with Crippen LogP contribution in [0.3, 0.4) is 0 Å². The standard InChI is InChI=1S/C9H17NO3/c1-5-6-9(12-4)10(3)8(2)13-7-11/h5-6,8,11H,1,7H2,2-4H3/b9-6+. The fraction of sp³-hybridized carbons (Fsp3) is 0.556. The molecule has 0 rings (SSSR count). The van der Waals surface area contributed by atoms with E-state index in [1.165, 1.54) is 0 Å². The third kappa shape index (κ3) is 3.96. The molecule has 0 saturated carbocycles. The number of hydrogen-bond donors (Lipinski definition) is 1. The summed E-state index contributed by atoms with van der Waals surface area (Å²) in [7, 11) is 3.37. The Morgan fingerprint density at radius 3 is 2.69 bits per heavy atom. The molecule has 4 nitrogen and oxygen atoms in total. The van der Waals surface area contributed by atoms with Crippen LogP contribution in [0, 0.1) is 0 Å². The number of aliphatic hydroxyl groups is 1. The average molecular weight is 187 g/mol. The topological polar surface area (TPSA) is 41.9 Å². The van der Waals surface area contributed by atoms with Gasteiger partial charge in [-0.25, -0.2) is 0 Å². The first-order valence-corrected chi connectivity index (χ1v) is 3.99. The van der Waals surface area contributed by atoms with E-state index in [0.717, 1.165) is 0 Å². The lowest BCUT2D eigenvalue weighted by atomic mass is 10.5. The predicted octanol–water partition coefficient (Wildman–Crippen LogP) is 0.904. The van der Waals surface area contributed by atoms with Gasteiger partial charge in [0.2, 0.25) is 0 Å². The van der Waals surface area contributed by atoms with Gasteiger partial charge in [0.15, 0.2) is 5.88 Å². The van der Waals surface area contributed by atoms with Gasteiger partial charge in [0, 0.05) is 7.05 Å². The number of methoxy groups -OCH3 is 1. The molecule has 0 aromatic carbocycles. The van der Waals surface area contributed by atoms with E-state index in [9.17, 15) is 0 Å². The number of aliphatic hydroxyl groups excluding tert-OH is 1. The Morgan fingerprint density at radius 1 is 1.69 bits per heavy atom. The molecule has 0 spiro atoms.